The molecule has 0 heteroatoms. The lowest BCUT2D eigenvalue weighted by atomic mass is 9.77. The number of fused-ring (bicyclic) bond motifs is 1. The predicted octanol–water partition coefficient (Wildman–Crippen LogP) is 8.58. The van der Waals surface area contributed by atoms with Crippen LogP contribution in [0.15, 0.2) is 72.4 Å². The van der Waals surface area contributed by atoms with Crippen molar-refractivity contribution < 1.29 is 0 Å². The van der Waals surface area contributed by atoms with E-state index in [1.165, 1.54) is 68.5 Å². The fourth-order valence-electron chi connectivity index (χ4n) is 5.33. The highest BCUT2D eigenvalue weighted by Gasteiger charge is 2.26. The third-order valence-corrected chi connectivity index (χ3v) is 7.21. The Bertz CT molecular complexity index is 1090. The summed E-state index contributed by atoms with van der Waals surface area (Å²) in [4.78, 5) is 0. The molecule has 2 aliphatic rings. The Kier molecular flexibility index (Phi) is 6.19. The molecule has 0 fully saturated rings. The summed E-state index contributed by atoms with van der Waals surface area (Å²) in [5.74, 6) is 0.803. The number of benzene rings is 2. The van der Waals surface area contributed by atoms with Gasteiger partial charge in [0.25, 0.3) is 0 Å². The monoisotopic (exact) mass is 408 g/mol. The van der Waals surface area contributed by atoms with Gasteiger partial charge in [0.15, 0.2) is 0 Å². The van der Waals surface area contributed by atoms with Gasteiger partial charge in [-0.1, -0.05) is 98.7 Å². The zero-order valence-electron chi connectivity index (χ0n) is 19.7. The first-order valence-corrected chi connectivity index (χ1v) is 11.9. The molecule has 2 aliphatic carbocycles. The molecule has 0 aliphatic heterocycles. The summed E-state index contributed by atoms with van der Waals surface area (Å²) in [7, 11) is 0. The second-order valence-electron chi connectivity index (χ2n) is 9.62. The summed E-state index contributed by atoms with van der Waals surface area (Å²) in [5, 5.41) is 0. The molecule has 0 radical (unpaired) electrons. The van der Waals surface area contributed by atoms with Crippen LogP contribution in [-0.4, -0.2) is 0 Å². The molecule has 0 nitrogen and oxygen atoms in total. The quantitative estimate of drug-likeness (QED) is 0.420. The van der Waals surface area contributed by atoms with Crippen molar-refractivity contribution in [2.45, 2.75) is 59.8 Å². The molecule has 2 unspecified atom stereocenters. The molecule has 2 aromatic rings. The van der Waals surface area contributed by atoms with E-state index in [1.54, 1.807) is 0 Å². The second kappa shape index (κ2) is 8.87. The van der Waals surface area contributed by atoms with Gasteiger partial charge in [-0.15, -0.1) is 0 Å². The summed E-state index contributed by atoms with van der Waals surface area (Å²) in [6, 6.07) is 11.6. The van der Waals surface area contributed by atoms with Crippen LogP contribution in [-0.2, 0) is 12.8 Å². The fourth-order valence-corrected chi connectivity index (χ4v) is 5.33. The van der Waals surface area contributed by atoms with E-state index in [0.717, 1.165) is 19.3 Å². The van der Waals surface area contributed by atoms with Gasteiger partial charge >= 0.3 is 0 Å². The van der Waals surface area contributed by atoms with Crippen molar-refractivity contribution in [1.29, 1.82) is 0 Å². The number of unbranched alkanes of at least 4 members (excludes halogenated alkanes) is 1. The molecular weight excluding hydrogens is 372 g/mol. The Balaban J connectivity index is 1.66. The van der Waals surface area contributed by atoms with Gasteiger partial charge in [-0.2, -0.15) is 0 Å². The second-order valence-corrected chi connectivity index (χ2v) is 9.62. The zero-order valence-corrected chi connectivity index (χ0v) is 19.7. The van der Waals surface area contributed by atoms with E-state index >= 15 is 0 Å². The minimum Gasteiger partial charge on any atom is -0.0986 e. The van der Waals surface area contributed by atoms with Gasteiger partial charge in [0.05, 0.1) is 0 Å². The average Bonchev–Trinajstić information content (AvgIpc) is 3.15. The molecule has 2 aromatic carbocycles. The van der Waals surface area contributed by atoms with Crippen molar-refractivity contribution in [2.24, 2.45) is 11.8 Å². The maximum absolute atomic E-state index is 4.40. The van der Waals surface area contributed by atoms with Crippen molar-refractivity contribution in [3.05, 3.63) is 100 Å². The Morgan fingerprint density at radius 3 is 2.65 bits per heavy atom. The molecule has 31 heavy (non-hydrogen) atoms. The topological polar surface area (TPSA) is 0 Å². The van der Waals surface area contributed by atoms with Crippen molar-refractivity contribution in [2.75, 3.05) is 0 Å². The number of allylic oxidation sites excluding steroid dienone is 5. The zero-order chi connectivity index (χ0) is 22.1. The van der Waals surface area contributed by atoms with Gasteiger partial charge in [0.2, 0.25) is 0 Å². The first-order chi connectivity index (χ1) is 14.9. The fraction of sp³-hybridized carbons (Fsp3) is 0.355. The molecule has 0 N–H and O–H groups in total. The molecule has 0 saturated heterocycles. The highest BCUT2D eigenvalue weighted by atomic mass is 14.3. The van der Waals surface area contributed by atoms with Crippen LogP contribution in [0.2, 0.25) is 0 Å². The molecule has 0 bridgehead atoms. The van der Waals surface area contributed by atoms with Crippen molar-refractivity contribution in [3.8, 4) is 11.1 Å². The third kappa shape index (κ3) is 4.26. The number of hydrogen-bond acceptors (Lipinski definition) is 0. The SMILES string of the molecule is C=C1C=CC(C)C(=C)C1CC1=Cc2cccc(-c3cc(C)cc(C)c3CCCC)c2C1. The highest BCUT2D eigenvalue weighted by molar-refractivity contribution is 5.80. The van der Waals surface area contributed by atoms with Crippen LogP contribution in [0.25, 0.3) is 17.2 Å². The average molecular weight is 409 g/mol. The van der Waals surface area contributed by atoms with E-state index < -0.39 is 0 Å². The van der Waals surface area contributed by atoms with Crippen molar-refractivity contribution in [3.63, 3.8) is 0 Å². The first-order valence-electron chi connectivity index (χ1n) is 11.9. The molecule has 2 atom stereocenters. The van der Waals surface area contributed by atoms with E-state index in [1.807, 2.05) is 0 Å². The van der Waals surface area contributed by atoms with Crippen LogP contribution in [0.1, 0.15) is 60.9 Å². The van der Waals surface area contributed by atoms with E-state index in [9.17, 15) is 0 Å². The summed E-state index contributed by atoms with van der Waals surface area (Å²) in [6.07, 6.45) is 12.6. The predicted molar refractivity (Wildman–Crippen MR) is 136 cm³/mol. The Morgan fingerprint density at radius 2 is 1.87 bits per heavy atom. The smallest absolute Gasteiger partial charge is 0.00826 e. The van der Waals surface area contributed by atoms with Crippen molar-refractivity contribution in [1.82, 2.24) is 0 Å². The summed E-state index contributed by atoms with van der Waals surface area (Å²) in [5.41, 5.74) is 14.1. The maximum atomic E-state index is 4.40. The Labute approximate surface area is 189 Å². The summed E-state index contributed by atoms with van der Waals surface area (Å²) < 4.78 is 0. The van der Waals surface area contributed by atoms with Crippen LogP contribution >= 0.6 is 0 Å². The van der Waals surface area contributed by atoms with Gasteiger partial charge in [0, 0.05) is 5.92 Å². The van der Waals surface area contributed by atoms with Crippen molar-refractivity contribution >= 4 is 6.08 Å². The Hall–Kier alpha value is -2.60. The lowest BCUT2D eigenvalue weighted by Crippen LogP contribution is -2.15. The minimum absolute atomic E-state index is 0.366. The van der Waals surface area contributed by atoms with Gasteiger partial charge in [-0.05, 0) is 84.4 Å². The van der Waals surface area contributed by atoms with E-state index in [2.05, 4.69) is 89.4 Å². The first kappa shape index (κ1) is 21.6. The number of hydrogen-bond donors (Lipinski definition) is 0. The standard InChI is InChI=1S/C31H36/c1-7-8-11-27-23(5)15-20(2)16-31(27)28-12-9-10-26-17-25(19-30(26)28)18-29-22(4)14-13-21(3)24(29)6/h9-10,12-17,21,29H,4,6-8,11,18-19H2,1-3,5H3. The molecule has 0 heterocycles. The molecule has 0 saturated carbocycles. The van der Waals surface area contributed by atoms with Gasteiger partial charge in [-0.3, -0.25) is 0 Å². The van der Waals surface area contributed by atoms with Crippen LogP contribution in [0.5, 0.6) is 0 Å². The van der Waals surface area contributed by atoms with Crippen LogP contribution < -0.4 is 0 Å². The van der Waals surface area contributed by atoms with Crippen LogP contribution in [0.3, 0.4) is 0 Å². The minimum atomic E-state index is 0.366. The Morgan fingerprint density at radius 1 is 1.06 bits per heavy atom. The van der Waals surface area contributed by atoms with Gasteiger partial charge < -0.3 is 0 Å². The lowest BCUT2D eigenvalue weighted by molar-refractivity contribution is 0.623. The molecule has 0 amide bonds. The molecule has 0 aromatic heterocycles. The molecule has 160 valence electrons. The largest absolute Gasteiger partial charge is 0.0986 e. The highest BCUT2D eigenvalue weighted by Crippen LogP contribution is 2.42. The molecule has 4 rings (SSSR count). The maximum Gasteiger partial charge on any atom is 0.00826 e. The molecule has 0 spiro atoms. The normalized spacial score (nSPS) is 20.2. The van der Waals surface area contributed by atoms with Crippen LogP contribution in [0, 0.1) is 25.7 Å². The van der Waals surface area contributed by atoms with Crippen LogP contribution in [0.4, 0.5) is 0 Å². The molecular formula is C31H36. The van der Waals surface area contributed by atoms with E-state index in [4.69, 9.17) is 0 Å². The van der Waals surface area contributed by atoms with E-state index in [0.29, 0.717) is 11.8 Å². The lowest BCUT2D eigenvalue weighted by Gasteiger charge is -2.28. The number of rotatable bonds is 6. The van der Waals surface area contributed by atoms with Gasteiger partial charge in [-0.25, -0.2) is 0 Å². The van der Waals surface area contributed by atoms with Gasteiger partial charge in [0.1, 0.15) is 0 Å². The summed E-state index contributed by atoms with van der Waals surface area (Å²) >= 11 is 0. The van der Waals surface area contributed by atoms with E-state index in [-0.39, 0.29) is 0 Å². The third-order valence-electron chi connectivity index (χ3n) is 7.21. The summed E-state index contributed by atoms with van der Waals surface area (Å²) in [6.45, 7) is 17.8. The number of aryl methyl sites for hydroxylation is 2.